The molecule has 0 saturated carbocycles. The molecular formula is C24H24N2O. The third-order valence-corrected chi connectivity index (χ3v) is 4.55. The maximum atomic E-state index is 6.20. The standard InChI is InChI=1S/C24H24N2O/c1-24(2,3)26-25-22(23(27-26)21-12-8-5-9-13-21)20-16-14-19(15-17-20)18-10-6-4-7-11-18/h4-17,25H,1-3H3. The summed E-state index contributed by atoms with van der Waals surface area (Å²) in [4.78, 5) is 6.20. The van der Waals surface area contributed by atoms with Crippen molar-refractivity contribution in [3.05, 3.63) is 96.1 Å². The molecule has 0 bridgehead atoms. The number of nitrogens with zero attached hydrogens (tertiary/aromatic N) is 1. The average Bonchev–Trinajstić information content (AvgIpc) is 3.15. The minimum absolute atomic E-state index is 0.175. The van der Waals surface area contributed by atoms with Crippen molar-refractivity contribution in [1.29, 1.82) is 0 Å². The van der Waals surface area contributed by atoms with E-state index in [2.05, 4.69) is 86.9 Å². The van der Waals surface area contributed by atoms with E-state index in [1.165, 1.54) is 11.1 Å². The highest BCUT2D eigenvalue weighted by Crippen LogP contribution is 2.35. The second-order valence-electron chi connectivity index (χ2n) is 7.68. The zero-order valence-electron chi connectivity index (χ0n) is 15.9. The van der Waals surface area contributed by atoms with Gasteiger partial charge in [-0.15, -0.1) is 0 Å². The first-order chi connectivity index (χ1) is 13.0. The third kappa shape index (κ3) is 3.60. The molecule has 0 aromatic heterocycles. The number of hydroxylamine groups is 1. The van der Waals surface area contributed by atoms with Gasteiger partial charge in [-0.05, 0) is 37.1 Å². The minimum Gasteiger partial charge on any atom is -0.383 e. The lowest BCUT2D eigenvalue weighted by atomic mass is 10.0. The second kappa shape index (κ2) is 6.93. The highest BCUT2D eigenvalue weighted by atomic mass is 16.7. The normalized spacial score (nSPS) is 14.8. The quantitative estimate of drug-likeness (QED) is 0.648. The molecule has 0 radical (unpaired) electrons. The Morgan fingerprint density at radius 3 is 1.67 bits per heavy atom. The topological polar surface area (TPSA) is 24.5 Å². The summed E-state index contributed by atoms with van der Waals surface area (Å²) in [5.74, 6) is 0.845. The number of rotatable bonds is 3. The molecule has 3 nitrogen and oxygen atoms in total. The maximum Gasteiger partial charge on any atom is 0.182 e. The predicted molar refractivity (Wildman–Crippen MR) is 111 cm³/mol. The van der Waals surface area contributed by atoms with Crippen molar-refractivity contribution >= 4 is 11.5 Å². The molecule has 3 aromatic carbocycles. The van der Waals surface area contributed by atoms with Gasteiger partial charge >= 0.3 is 0 Å². The third-order valence-electron chi connectivity index (χ3n) is 4.55. The SMILES string of the molecule is CC(C)(C)N1NC(c2ccc(-c3ccccc3)cc2)=C(c2ccccc2)O1. The van der Waals surface area contributed by atoms with Crippen LogP contribution in [0, 0.1) is 0 Å². The molecule has 3 aromatic rings. The van der Waals surface area contributed by atoms with Crippen LogP contribution in [0.1, 0.15) is 31.9 Å². The smallest absolute Gasteiger partial charge is 0.182 e. The molecule has 1 aliphatic heterocycles. The molecule has 0 fully saturated rings. The first-order valence-corrected chi connectivity index (χ1v) is 9.23. The molecule has 27 heavy (non-hydrogen) atoms. The number of hydrazine groups is 1. The molecule has 0 aliphatic carbocycles. The van der Waals surface area contributed by atoms with Crippen LogP contribution < -0.4 is 5.43 Å². The van der Waals surface area contributed by atoms with Crippen molar-refractivity contribution in [3.63, 3.8) is 0 Å². The van der Waals surface area contributed by atoms with Crippen LogP contribution in [0.4, 0.5) is 0 Å². The summed E-state index contributed by atoms with van der Waals surface area (Å²) in [6.07, 6.45) is 0. The number of nitrogens with one attached hydrogen (secondary N) is 1. The molecule has 136 valence electrons. The van der Waals surface area contributed by atoms with Gasteiger partial charge in [0.25, 0.3) is 0 Å². The van der Waals surface area contributed by atoms with Crippen LogP contribution in [0.2, 0.25) is 0 Å². The molecule has 1 heterocycles. The Kier molecular flexibility index (Phi) is 4.46. The van der Waals surface area contributed by atoms with Gasteiger partial charge in [0.05, 0.1) is 5.54 Å². The lowest BCUT2D eigenvalue weighted by Crippen LogP contribution is -2.45. The minimum atomic E-state index is -0.175. The van der Waals surface area contributed by atoms with Crippen molar-refractivity contribution in [3.8, 4) is 11.1 Å². The fraction of sp³-hybridized carbons (Fsp3) is 0.167. The van der Waals surface area contributed by atoms with Crippen LogP contribution in [-0.2, 0) is 4.84 Å². The van der Waals surface area contributed by atoms with E-state index in [-0.39, 0.29) is 5.54 Å². The number of hydrogen-bond acceptors (Lipinski definition) is 3. The fourth-order valence-electron chi connectivity index (χ4n) is 3.06. The lowest BCUT2D eigenvalue weighted by Gasteiger charge is -2.29. The lowest BCUT2D eigenvalue weighted by molar-refractivity contribution is -0.163. The van der Waals surface area contributed by atoms with E-state index in [4.69, 9.17) is 4.84 Å². The van der Waals surface area contributed by atoms with E-state index in [9.17, 15) is 0 Å². The summed E-state index contributed by atoms with van der Waals surface area (Å²) in [7, 11) is 0. The van der Waals surface area contributed by atoms with Crippen molar-refractivity contribution in [2.75, 3.05) is 0 Å². The van der Waals surface area contributed by atoms with E-state index in [1.54, 1.807) is 0 Å². The highest BCUT2D eigenvalue weighted by molar-refractivity contribution is 5.88. The molecule has 0 atom stereocenters. The molecule has 3 heteroatoms. The van der Waals surface area contributed by atoms with E-state index in [0.29, 0.717) is 0 Å². The van der Waals surface area contributed by atoms with E-state index in [0.717, 1.165) is 22.6 Å². The van der Waals surface area contributed by atoms with Gasteiger partial charge in [0.1, 0.15) is 5.70 Å². The summed E-state index contributed by atoms with van der Waals surface area (Å²) < 4.78 is 0. The molecule has 1 aliphatic rings. The van der Waals surface area contributed by atoms with Crippen molar-refractivity contribution in [1.82, 2.24) is 10.6 Å². The Labute approximate surface area is 160 Å². The summed E-state index contributed by atoms with van der Waals surface area (Å²) in [5.41, 5.74) is 8.82. The summed E-state index contributed by atoms with van der Waals surface area (Å²) in [5, 5.41) is 1.82. The number of hydrogen-bond donors (Lipinski definition) is 1. The Hall–Kier alpha value is -3.04. The van der Waals surface area contributed by atoms with Gasteiger partial charge in [-0.2, -0.15) is 0 Å². The Balaban J connectivity index is 1.72. The number of benzene rings is 3. The Morgan fingerprint density at radius 1 is 0.630 bits per heavy atom. The van der Waals surface area contributed by atoms with Crippen LogP contribution in [0.3, 0.4) is 0 Å². The monoisotopic (exact) mass is 356 g/mol. The predicted octanol–water partition coefficient (Wildman–Crippen LogP) is 5.73. The second-order valence-corrected chi connectivity index (χ2v) is 7.68. The summed E-state index contributed by atoms with van der Waals surface area (Å²) >= 11 is 0. The van der Waals surface area contributed by atoms with Crippen LogP contribution in [0.5, 0.6) is 0 Å². The molecule has 1 N–H and O–H groups in total. The van der Waals surface area contributed by atoms with Crippen LogP contribution in [0.15, 0.2) is 84.9 Å². The molecule has 0 amide bonds. The Bertz CT molecular complexity index is 939. The first-order valence-electron chi connectivity index (χ1n) is 9.23. The molecule has 4 rings (SSSR count). The average molecular weight is 356 g/mol. The van der Waals surface area contributed by atoms with Crippen molar-refractivity contribution in [2.24, 2.45) is 0 Å². The molecule has 0 saturated heterocycles. The van der Waals surface area contributed by atoms with Gasteiger partial charge in [-0.3, -0.25) is 5.43 Å². The highest BCUT2D eigenvalue weighted by Gasteiger charge is 2.33. The van der Waals surface area contributed by atoms with Crippen LogP contribution in [-0.4, -0.2) is 10.7 Å². The van der Waals surface area contributed by atoms with E-state index in [1.807, 2.05) is 29.4 Å². The summed E-state index contributed by atoms with van der Waals surface area (Å²) in [6.45, 7) is 6.35. The fourth-order valence-corrected chi connectivity index (χ4v) is 3.06. The largest absolute Gasteiger partial charge is 0.383 e. The maximum absolute atomic E-state index is 6.20. The van der Waals surface area contributed by atoms with Gasteiger partial charge in [0, 0.05) is 11.1 Å². The molecular weight excluding hydrogens is 332 g/mol. The van der Waals surface area contributed by atoms with Crippen LogP contribution >= 0.6 is 0 Å². The van der Waals surface area contributed by atoms with Gasteiger partial charge < -0.3 is 4.84 Å². The van der Waals surface area contributed by atoms with Gasteiger partial charge in [-0.1, -0.05) is 84.9 Å². The van der Waals surface area contributed by atoms with E-state index >= 15 is 0 Å². The van der Waals surface area contributed by atoms with E-state index < -0.39 is 0 Å². The van der Waals surface area contributed by atoms with Gasteiger partial charge in [-0.25, -0.2) is 0 Å². The van der Waals surface area contributed by atoms with Crippen molar-refractivity contribution in [2.45, 2.75) is 26.3 Å². The van der Waals surface area contributed by atoms with Crippen molar-refractivity contribution < 1.29 is 4.84 Å². The van der Waals surface area contributed by atoms with Gasteiger partial charge in [0.2, 0.25) is 0 Å². The molecule has 0 unspecified atom stereocenters. The molecule has 0 spiro atoms. The zero-order valence-corrected chi connectivity index (χ0v) is 15.9. The summed E-state index contributed by atoms with van der Waals surface area (Å²) in [6, 6.07) is 29.2. The Morgan fingerprint density at radius 2 is 1.11 bits per heavy atom. The first kappa shape index (κ1) is 17.4. The van der Waals surface area contributed by atoms with Crippen LogP contribution in [0.25, 0.3) is 22.6 Å². The van der Waals surface area contributed by atoms with Gasteiger partial charge in [0.15, 0.2) is 5.76 Å². The zero-order chi connectivity index (χ0) is 18.9.